The highest BCUT2D eigenvalue weighted by molar-refractivity contribution is 7.98. The standard InChI is InChI=1S/C22H21ClF3N5OS/c1-33-21-28-12-17(23)18(29-21)20(32)30-9-6-14(7-10-30)19-27-8-11-31(19)13-15-4-2-3-5-16(15)22(24,25)26/h2-5,8,11-12,14H,6-7,9-10,13H2,1H3. The first-order valence-electron chi connectivity index (χ1n) is 10.3. The molecule has 0 aliphatic carbocycles. The summed E-state index contributed by atoms with van der Waals surface area (Å²) in [6.07, 6.45) is 3.41. The molecule has 1 fully saturated rings. The monoisotopic (exact) mass is 495 g/mol. The lowest BCUT2D eigenvalue weighted by Gasteiger charge is -2.32. The number of amides is 1. The summed E-state index contributed by atoms with van der Waals surface area (Å²) in [5.74, 6) is 0.507. The van der Waals surface area contributed by atoms with E-state index in [1.165, 1.54) is 30.1 Å². The van der Waals surface area contributed by atoms with Gasteiger partial charge in [0.05, 0.1) is 16.8 Å². The Morgan fingerprint density at radius 2 is 1.94 bits per heavy atom. The number of aromatic nitrogens is 4. The van der Waals surface area contributed by atoms with Crippen LogP contribution in [0.15, 0.2) is 48.0 Å². The van der Waals surface area contributed by atoms with Crippen molar-refractivity contribution in [2.24, 2.45) is 0 Å². The van der Waals surface area contributed by atoms with Gasteiger partial charge in [-0.25, -0.2) is 15.0 Å². The first-order chi connectivity index (χ1) is 15.8. The second-order valence-corrected chi connectivity index (χ2v) is 8.87. The topological polar surface area (TPSA) is 63.9 Å². The van der Waals surface area contributed by atoms with E-state index >= 15 is 0 Å². The number of imidazole rings is 1. The Hall–Kier alpha value is -2.59. The first kappa shape index (κ1) is 23.6. The van der Waals surface area contributed by atoms with Gasteiger partial charge in [-0.15, -0.1) is 0 Å². The number of halogens is 4. The zero-order chi connectivity index (χ0) is 23.6. The minimum Gasteiger partial charge on any atom is -0.337 e. The fourth-order valence-corrected chi connectivity index (χ4v) is 4.53. The minimum absolute atomic E-state index is 0.0322. The molecule has 1 aliphatic rings. The number of likely N-dealkylation sites (tertiary alicyclic amines) is 1. The van der Waals surface area contributed by atoms with Crippen molar-refractivity contribution in [3.05, 3.63) is 70.5 Å². The summed E-state index contributed by atoms with van der Waals surface area (Å²) in [7, 11) is 0. The van der Waals surface area contributed by atoms with Crippen LogP contribution in [0.1, 0.15) is 46.2 Å². The van der Waals surface area contributed by atoms with Gasteiger partial charge in [0.1, 0.15) is 5.82 Å². The van der Waals surface area contributed by atoms with Gasteiger partial charge in [0.15, 0.2) is 10.9 Å². The van der Waals surface area contributed by atoms with Crippen LogP contribution >= 0.6 is 23.4 Å². The molecule has 1 aromatic carbocycles. The fraction of sp³-hybridized carbons (Fsp3) is 0.364. The molecule has 2 aromatic heterocycles. The number of piperidine rings is 1. The van der Waals surface area contributed by atoms with Crippen molar-refractivity contribution < 1.29 is 18.0 Å². The molecule has 6 nitrogen and oxygen atoms in total. The number of carbonyl (C=O) groups excluding carboxylic acids is 1. The second-order valence-electron chi connectivity index (χ2n) is 7.69. The molecule has 11 heteroatoms. The van der Waals surface area contributed by atoms with E-state index in [-0.39, 0.29) is 34.6 Å². The van der Waals surface area contributed by atoms with Crippen molar-refractivity contribution in [3.63, 3.8) is 0 Å². The van der Waals surface area contributed by atoms with E-state index in [2.05, 4.69) is 15.0 Å². The Labute approximate surface area is 198 Å². The lowest BCUT2D eigenvalue weighted by Crippen LogP contribution is -2.39. The third-order valence-electron chi connectivity index (χ3n) is 5.67. The van der Waals surface area contributed by atoms with E-state index in [1.54, 1.807) is 27.9 Å². The number of alkyl halides is 3. The van der Waals surface area contributed by atoms with Gasteiger partial charge in [-0.05, 0) is 30.7 Å². The van der Waals surface area contributed by atoms with E-state index in [9.17, 15) is 18.0 Å². The van der Waals surface area contributed by atoms with E-state index in [0.29, 0.717) is 31.1 Å². The Kier molecular flexibility index (Phi) is 6.94. The van der Waals surface area contributed by atoms with Crippen molar-refractivity contribution in [2.75, 3.05) is 19.3 Å². The average molecular weight is 496 g/mol. The van der Waals surface area contributed by atoms with E-state index in [4.69, 9.17) is 11.6 Å². The molecular formula is C22H21ClF3N5OS. The molecule has 1 amide bonds. The first-order valence-corrected chi connectivity index (χ1v) is 11.9. The third-order valence-corrected chi connectivity index (χ3v) is 6.50. The predicted molar refractivity (Wildman–Crippen MR) is 119 cm³/mol. The van der Waals surface area contributed by atoms with Crippen LogP contribution in [0.3, 0.4) is 0 Å². The Balaban J connectivity index is 1.46. The molecule has 174 valence electrons. The summed E-state index contributed by atoms with van der Waals surface area (Å²) in [6, 6.07) is 5.57. The normalized spacial score (nSPS) is 15.1. The maximum atomic E-state index is 13.4. The van der Waals surface area contributed by atoms with Gasteiger partial charge in [0.2, 0.25) is 0 Å². The molecule has 0 saturated carbocycles. The summed E-state index contributed by atoms with van der Waals surface area (Å²) in [4.78, 5) is 27.4. The molecule has 33 heavy (non-hydrogen) atoms. The van der Waals surface area contributed by atoms with Crippen LogP contribution in [0.25, 0.3) is 0 Å². The van der Waals surface area contributed by atoms with Crippen LogP contribution in [0, 0.1) is 0 Å². The Morgan fingerprint density at radius 1 is 1.21 bits per heavy atom. The lowest BCUT2D eigenvalue weighted by atomic mass is 9.95. The number of rotatable bonds is 5. The van der Waals surface area contributed by atoms with Gasteiger partial charge >= 0.3 is 6.18 Å². The zero-order valence-corrected chi connectivity index (χ0v) is 19.3. The van der Waals surface area contributed by atoms with Crippen LogP contribution in [0.5, 0.6) is 0 Å². The molecule has 3 heterocycles. The molecular weight excluding hydrogens is 475 g/mol. The number of hydrogen-bond acceptors (Lipinski definition) is 5. The second kappa shape index (κ2) is 9.72. The molecule has 0 N–H and O–H groups in total. The largest absolute Gasteiger partial charge is 0.416 e. The van der Waals surface area contributed by atoms with E-state index in [1.807, 2.05) is 6.26 Å². The van der Waals surface area contributed by atoms with Crippen LogP contribution < -0.4 is 0 Å². The Morgan fingerprint density at radius 3 is 2.64 bits per heavy atom. The highest BCUT2D eigenvalue weighted by atomic mass is 35.5. The number of hydrogen-bond donors (Lipinski definition) is 0. The van der Waals surface area contributed by atoms with Crippen LogP contribution in [-0.2, 0) is 12.7 Å². The summed E-state index contributed by atoms with van der Waals surface area (Å²) in [6.45, 7) is 1.03. The summed E-state index contributed by atoms with van der Waals surface area (Å²) in [5, 5.41) is 0.678. The average Bonchev–Trinajstić information content (AvgIpc) is 3.27. The molecule has 4 rings (SSSR count). The van der Waals surface area contributed by atoms with Crippen molar-refractivity contribution >= 4 is 29.3 Å². The molecule has 1 aliphatic heterocycles. The van der Waals surface area contributed by atoms with Gasteiger partial charge in [-0.3, -0.25) is 4.79 Å². The maximum absolute atomic E-state index is 13.4. The van der Waals surface area contributed by atoms with Crippen LogP contribution in [-0.4, -0.2) is 49.7 Å². The number of benzene rings is 1. The third kappa shape index (κ3) is 5.16. The molecule has 3 aromatic rings. The van der Waals surface area contributed by atoms with Gasteiger partial charge in [0.25, 0.3) is 5.91 Å². The minimum atomic E-state index is -4.42. The van der Waals surface area contributed by atoms with Gasteiger partial charge < -0.3 is 9.47 Å². The number of nitrogens with zero attached hydrogens (tertiary/aromatic N) is 5. The van der Waals surface area contributed by atoms with Crippen molar-refractivity contribution in [3.8, 4) is 0 Å². The van der Waals surface area contributed by atoms with Crippen molar-refractivity contribution in [2.45, 2.75) is 36.6 Å². The number of carbonyl (C=O) groups is 1. The van der Waals surface area contributed by atoms with Gasteiger partial charge in [-0.1, -0.05) is 41.6 Å². The summed E-state index contributed by atoms with van der Waals surface area (Å²) in [5.41, 5.74) is -0.268. The SMILES string of the molecule is CSc1ncc(Cl)c(C(=O)N2CCC(c3nccn3Cc3ccccc3C(F)(F)F)CC2)n1. The quantitative estimate of drug-likeness (QED) is 0.362. The molecule has 0 radical (unpaired) electrons. The maximum Gasteiger partial charge on any atom is 0.416 e. The smallest absolute Gasteiger partial charge is 0.337 e. The highest BCUT2D eigenvalue weighted by Gasteiger charge is 2.33. The molecule has 0 spiro atoms. The van der Waals surface area contributed by atoms with Crippen molar-refractivity contribution in [1.82, 2.24) is 24.4 Å². The van der Waals surface area contributed by atoms with E-state index in [0.717, 1.165) is 11.9 Å². The lowest BCUT2D eigenvalue weighted by molar-refractivity contribution is -0.138. The molecule has 1 saturated heterocycles. The molecule has 0 unspecified atom stereocenters. The predicted octanol–water partition coefficient (Wildman–Crippen LogP) is 5.14. The van der Waals surface area contributed by atoms with Gasteiger partial charge in [0, 0.05) is 37.9 Å². The number of thioether (sulfide) groups is 1. The molecule has 0 atom stereocenters. The summed E-state index contributed by atoms with van der Waals surface area (Å²) >= 11 is 7.47. The van der Waals surface area contributed by atoms with Crippen LogP contribution in [0.2, 0.25) is 5.02 Å². The highest BCUT2D eigenvalue weighted by Crippen LogP contribution is 2.33. The fourth-order valence-electron chi connectivity index (χ4n) is 4.02. The summed E-state index contributed by atoms with van der Waals surface area (Å²) < 4.78 is 41.9. The van der Waals surface area contributed by atoms with Crippen LogP contribution in [0.4, 0.5) is 13.2 Å². The Bertz CT molecular complexity index is 1150. The van der Waals surface area contributed by atoms with E-state index < -0.39 is 11.7 Å². The zero-order valence-electron chi connectivity index (χ0n) is 17.7. The van der Waals surface area contributed by atoms with Gasteiger partial charge in [-0.2, -0.15) is 13.2 Å². The molecule has 0 bridgehead atoms. The van der Waals surface area contributed by atoms with Crippen molar-refractivity contribution in [1.29, 1.82) is 0 Å².